The molecule has 0 spiro atoms. The molecule has 0 amide bonds. The molecule has 0 radical (unpaired) electrons. The maximum absolute atomic E-state index is 14.4. The van der Waals surface area contributed by atoms with Crippen LogP contribution in [0.2, 0.25) is 0 Å². The van der Waals surface area contributed by atoms with Gasteiger partial charge in [-0.15, -0.1) is 0 Å². The minimum Gasteiger partial charge on any atom is -0.493 e. The van der Waals surface area contributed by atoms with Gasteiger partial charge in [0.15, 0.2) is 0 Å². The Balaban J connectivity index is 1.52. The topological polar surface area (TPSA) is 51.5 Å². The molecule has 0 fully saturated rings. The van der Waals surface area contributed by atoms with Crippen molar-refractivity contribution in [3.8, 4) is 16.9 Å². The first-order chi connectivity index (χ1) is 14.1. The van der Waals surface area contributed by atoms with Gasteiger partial charge in [0, 0.05) is 42.0 Å². The molecule has 3 heterocycles. The molecule has 0 saturated heterocycles. The van der Waals surface area contributed by atoms with E-state index < -0.39 is 0 Å². The summed E-state index contributed by atoms with van der Waals surface area (Å²) in [4.78, 5) is 9.31. The molecule has 1 aliphatic heterocycles. The Morgan fingerprint density at radius 3 is 2.79 bits per heavy atom. The average molecular weight is 388 g/mol. The second-order valence-electron chi connectivity index (χ2n) is 7.39. The zero-order valence-corrected chi connectivity index (χ0v) is 16.4. The van der Waals surface area contributed by atoms with Gasteiger partial charge in [-0.1, -0.05) is 29.8 Å². The lowest BCUT2D eigenvalue weighted by atomic mass is 10.0. The van der Waals surface area contributed by atoms with Crippen LogP contribution in [0.15, 0.2) is 48.8 Å². The predicted octanol–water partition coefficient (Wildman–Crippen LogP) is 4.70. The van der Waals surface area contributed by atoms with Crippen LogP contribution in [-0.4, -0.2) is 21.0 Å². The summed E-state index contributed by atoms with van der Waals surface area (Å²) in [5.41, 5.74) is 6.52. The van der Waals surface area contributed by atoms with Crippen LogP contribution in [-0.2, 0) is 13.0 Å². The van der Waals surface area contributed by atoms with E-state index in [0.717, 1.165) is 40.2 Å². The molecule has 4 aromatic rings. The van der Waals surface area contributed by atoms with Crippen molar-refractivity contribution in [3.63, 3.8) is 0 Å². The number of anilines is 1. The van der Waals surface area contributed by atoms with Gasteiger partial charge in [-0.25, -0.2) is 14.4 Å². The molecule has 0 saturated carbocycles. The summed E-state index contributed by atoms with van der Waals surface area (Å²) in [7, 11) is 0. The lowest BCUT2D eigenvalue weighted by Gasteiger charge is -2.13. The van der Waals surface area contributed by atoms with Gasteiger partial charge in [0.2, 0.25) is 5.95 Å². The second kappa shape index (κ2) is 6.88. The highest BCUT2D eigenvalue weighted by Gasteiger charge is 2.20. The molecule has 1 N–H and O–H groups in total. The number of aryl methyl sites for hydroxylation is 2. The van der Waals surface area contributed by atoms with Crippen LogP contribution in [0.5, 0.6) is 5.75 Å². The molecular formula is C23H21FN4O. The molecular weight excluding hydrogens is 367 g/mol. The summed E-state index contributed by atoms with van der Waals surface area (Å²) in [5, 5.41) is 3.29. The number of fused-ring (bicyclic) bond motifs is 2. The summed E-state index contributed by atoms with van der Waals surface area (Å²) in [6.07, 6.45) is 4.49. The van der Waals surface area contributed by atoms with Crippen molar-refractivity contribution < 1.29 is 9.13 Å². The number of nitrogens with one attached hydrogen (secondary N) is 1. The van der Waals surface area contributed by atoms with Gasteiger partial charge in [-0.2, -0.15) is 0 Å². The number of rotatable bonds is 4. The van der Waals surface area contributed by atoms with E-state index in [1.54, 1.807) is 6.07 Å². The quantitative estimate of drug-likeness (QED) is 0.551. The average Bonchev–Trinajstić information content (AvgIpc) is 3.34. The van der Waals surface area contributed by atoms with E-state index in [4.69, 9.17) is 9.72 Å². The largest absolute Gasteiger partial charge is 0.493 e. The number of hydrogen-bond donors (Lipinski definition) is 1. The highest BCUT2D eigenvalue weighted by molar-refractivity contribution is 5.78. The first-order valence-electron chi connectivity index (χ1n) is 9.69. The second-order valence-corrected chi connectivity index (χ2v) is 7.39. The van der Waals surface area contributed by atoms with E-state index in [0.29, 0.717) is 24.7 Å². The molecule has 2 aromatic heterocycles. The van der Waals surface area contributed by atoms with Crippen LogP contribution in [0.3, 0.4) is 0 Å². The summed E-state index contributed by atoms with van der Waals surface area (Å²) in [6, 6.07) is 11.5. The Kier molecular flexibility index (Phi) is 4.19. The number of hydrogen-bond acceptors (Lipinski definition) is 4. The highest BCUT2D eigenvalue weighted by atomic mass is 19.1. The molecule has 0 aliphatic carbocycles. The van der Waals surface area contributed by atoms with E-state index >= 15 is 0 Å². The van der Waals surface area contributed by atoms with E-state index in [-0.39, 0.29) is 5.82 Å². The summed E-state index contributed by atoms with van der Waals surface area (Å²) < 4.78 is 21.9. The highest BCUT2D eigenvalue weighted by Crippen LogP contribution is 2.31. The minimum absolute atomic E-state index is 0.226. The standard InChI is InChI=1S/C23H21FN4O/c1-14-3-5-16(6-4-14)18-11-25-23(28-13-15(2)27-22(18)28)26-12-19-17-9-10-29-21(17)8-7-20(19)24/h3-8,11,13H,9-10,12H2,1-2H3,(H,25,26). The Morgan fingerprint density at radius 2 is 1.97 bits per heavy atom. The molecule has 6 heteroatoms. The van der Waals surface area contributed by atoms with Gasteiger partial charge in [-0.3, -0.25) is 4.40 Å². The first-order valence-corrected chi connectivity index (χ1v) is 9.69. The SMILES string of the molecule is Cc1ccc(-c2cnc(NCc3c(F)ccc4c3CCO4)n3cc(C)nc23)cc1. The number of imidazole rings is 1. The van der Waals surface area contributed by atoms with Gasteiger partial charge < -0.3 is 10.1 Å². The number of halogens is 1. The van der Waals surface area contributed by atoms with Crippen molar-refractivity contribution in [3.05, 3.63) is 77.0 Å². The van der Waals surface area contributed by atoms with Crippen LogP contribution >= 0.6 is 0 Å². The monoisotopic (exact) mass is 388 g/mol. The third-order valence-electron chi connectivity index (χ3n) is 5.34. The maximum Gasteiger partial charge on any atom is 0.208 e. The van der Waals surface area contributed by atoms with E-state index in [1.165, 1.54) is 11.6 Å². The fraction of sp³-hybridized carbons (Fsp3) is 0.217. The normalized spacial score (nSPS) is 12.8. The first kappa shape index (κ1) is 17.7. The zero-order chi connectivity index (χ0) is 20.0. The Morgan fingerprint density at radius 1 is 1.14 bits per heavy atom. The van der Waals surface area contributed by atoms with Crippen LogP contribution in [0.25, 0.3) is 16.8 Å². The molecule has 1 aliphatic rings. The van der Waals surface area contributed by atoms with Crippen molar-refractivity contribution in [2.45, 2.75) is 26.8 Å². The van der Waals surface area contributed by atoms with Crippen LogP contribution in [0.4, 0.5) is 10.3 Å². The van der Waals surface area contributed by atoms with E-state index in [2.05, 4.69) is 41.5 Å². The molecule has 146 valence electrons. The molecule has 0 atom stereocenters. The Labute approximate surface area is 168 Å². The molecule has 5 nitrogen and oxygen atoms in total. The summed E-state index contributed by atoms with van der Waals surface area (Å²) in [5.74, 6) is 1.18. The molecule has 5 rings (SSSR count). The van der Waals surface area contributed by atoms with Gasteiger partial charge in [-0.05, 0) is 31.5 Å². The summed E-state index contributed by atoms with van der Waals surface area (Å²) >= 11 is 0. The fourth-order valence-electron chi connectivity index (χ4n) is 3.84. The lowest BCUT2D eigenvalue weighted by Crippen LogP contribution is -2.09. The fourth-order valence-corrected chi connectivity index (χ4v) is 3.84. The number of nitrogens with zero attached hydrogens (tertiary/aromatic N) is 3. The van der Waals surface area contributed by atoms with Crippen molar-refractivity contribution >= 4 is 11.6 Å². The minimum atomic E-state index is -0.226. The lowest BCUT2D eigenvalue weighted by molar-refractivity contribution is 0.356. The van der Waals surface area contributed by atoms with Gasteiger partial charge in [0.05, 0.1) is 12.3 Å². The van der Waals surface area contributed by atoms with E-state index in [1.807, 2.05) is 23.7 Å². The maximum atomic E-state index is 14.4. The predicted molar refractivity (Wildman–Crippen MR) is 111 cm³/mol. The molecule has 29 heavy (non-hydrogen) atoms. The number of benzene rings is 2. The third-order valence-corrected chi connectivity index (χ3v) is 5.34. The third kappa shape index (κ3) is 3.10. The number of aromatic nitrogens is 3. The molecule has 0 bridgehead atoms. The van der Waals surface area contributed by atoms with Crippen molar-refractivity contribution in [2.24, 2.45) is 0 Å². The van der Waals surface area contributed by atoms with Crippen LogP contribution in [0.1, 0.15) is 22.4 Å². The van der Waals surface area contributed by atoms with Gasteiger partial charge in [0.25, 0.3) is 0 Å². The van der Waals surface area contributed by atoms with Gasteiger partial charge in [0.1, 0.15) is 17.2 Å². The molecule has 2 aromatic carbocycles. The van der Waals surface area contributed by atoms with Crippen LogP contribution in [0, 0.1) is 19.7 Å². The number of ether oxygens (including phenoxy) is 1. The Bertz CT molecular complexity index is 1210. The van der Waals surface area contributed by atoms with Crippen molar-refractivity contribution in [1.82, 2.24) is 14.4 Å². The van der Waals surface area contributed by atoms with E-state index in [9.17, 15) is 4.39 Å². The van der Waals surface area contributed by atoms with Crippen LogP contribution < -0.4 is 10.1 Å². The molecule has 0 unspecified atom stereocenters. The van der Waals surface area contributed by atoms with Crippen molar-refractivity contribution in [2.75, 3.05) is 11.9 Å². The van der Waals surface area contributed by atoms with Crippen molar-refractivity contribution in [1.29, 1.82) is 0 Å². The van der Waals surface area contributed by atoms with Gasteiger partial charge >= 0.3 is 0 Å². The smallest absolute Gasteiger partial charge is 0.208 e. The zero-order valence-electron chi connectivity index (χ0n) is 16.4. The summed E-state index contributed by atoms with van der Waals surface area (Å²) in [6.45, 7) is 4.95. The Hall–Kier alpha value is -3.41.